The molecule has 0 aliphatic carbocycles. The van der Waals surface area contributed by atoms with Gasteiger partial charge in [0, 0.05) is 43.5 Å². The molecule has 1 aliphatic rings. The second-order valence-corrected chi connectivity index (χ2v) is 7.57. The Labute approximate surface area is 183 Å². The maximum Gasteiger partial charge on any atom is 0.238 e. The second-order valence-electron chi connectivity index (χ2n) is 7.57. The molecule has 0 unspecified atom stereocenters. The Kier molecular flexibility index (Phi) is 7.89. The van der Waals surface area contributed by atoms with Crippen molar-refractivity contribution in [3.8, 4) is 11.5 Å². The van der Waals surface area contributed by atoms with Gasteiger partial charge in [-0.2, -0.15) is 0 Å². The maximum atomic E-state index is 12.8. The first-order valence-corrected chi connectivity index (χ1v) is 10.6. The van der Waals surface area contributed by atoms with Crippen molar-refractivity contribution in [2.75, 3.05) is 52.3 Å². The van der Waals surface area contributed by atoms with Gasteiger partial charge in [0.25, 0.3) is 0 Å². The summed E-state index contributed by atoms with van der Waals surface area (Å²) in [5.74, 6) is 1.38. The van der Waals surface area contributed by atoms with Crippen molar-refractivity contribution in [1.29, 1.82) is 0 Å². The largest absolute Gasteiger partial charge is 0.497 e. The highest BCUT2D eigenvalue weighted by atomic mass is 16.5. The van der Waals surface area contributed by atoms with Gasteiger partial charge in [-0.05, 0) is 24.1 Å². The number of methoxy groups -OCH3 is 2. The number of anilines is 1. The zero-order valence-electron chi connectivity index (χ0n) is 18.5. The summed E-state index contributed by atoms with van der Waals surface area (Å²) in [6, 6.07) is 13.3. The molecule has 7 nitrogen and oxygen atoms in total. The molecule has 3 rings (SSSR count). The molecule has 1 aliphatic heterocycles. The second kappa shape index (κ2) is 10.8. The monoisotopic (exact) mass is 425 g/mol. The van der Waals surface area contributed by atoms with Crippen molar-refractivity contribution >= 4 is 17.5 Å². The first-order valence-electron chi connectivity index (χ1n) is 10.6. The molecule has 0 radical (unpaired) electrons. The number of hydrogen-bond acceptors (Lipinski definition) is 5. The van der Waals surface area contributed by atoms with Crippen LogP contribution in [-0.4, -0.2) is 68.6 Å². The van der Waals surface area contributed by atoms with Gasteiger partial charge in [0.15, 0.2) is 0 Å². The van der Waals surface area contributed by atoms with Gasteiger partial charge in [-0.3, -0.25) is 14.5 Å². The third-order valence-electron chi connectivity index (χ3n) is 5.60. The third kappa shape index (κ3) is 5.98. The van der Waals surface area contributed by atoms with E-state index in [1.807, 2.05) is 41.3 Å². The van der Waals surface area contributed by atoms with Gasteiger partial charge >= 0.3 is 0 Å². The van der Waals surface area contributed by atoms with Crippen LogP contribution in [0.4, 0.5) is 5.69 Å². The number of carbonyl (C=O) groups is 2. The number of ether oxygens (including phenoxy) is 2. The smallest absolute Gasteiger partial charge is 0.238 e. The first-order chi connectivity index (χ1) is 15.0. The number of piperazine rings is 1. The zero-order valence-corrected chi connectivity index (χ0v) is 18.5. The molecule has 0 bridgehead atoms. The Morgan fingerprint density at radius 1 is 0.968 bits per heavy atom. The molecule has 166 valence electrons. The van der Waals surface area contributed by atoms with Crippen LogP contribution in [-0.2, 0) is 22.4 Å². The molecule has 7 heteroatoms. The first kappa shape index (κ1) is 22.6. The zero-order chi connectivity index (χ0) is 22.2. The molecule has 1 N–H and O–H groups in total. The van der Waals surface area contributed by atoms with E-state index in [9.17, 15) is 9.59 Å². The Morgan fingerprint density at radius 2 is 1.71 bits per heavy atom. The number of benzene rings is 2. The summed E-state index contributed by atoms with van der Waals surface area (Å²) >= 11 is 0. The summed E-state index contributed by atoms with van der Waals surface area (Å²) in [5, 5.41) is 3.01. The van der Waals surface area contributed by atoms with Gasteiger partial charge in [0.2, 0.25) is 11.8 Å². The topological polar surface area (TPSA) is 71.1 Å². The minimum atomic E-state index is -0.0244. The van der Waals surface area contributed by atoms with Gasteiger partial charge < -0.3 is 19.7 Å². The summed E-state index contributed by atoms with van der Waals surface area (Å²) < 4.78 is 10.6. The number of hydrogen-bond donors (Lipinski definition) is 1. The molecule has 2 aromatic carbocycles. The molecular formula is C24H31N3O4. The van der Waals surface area contributed by atoms with Crippen LogP contribution in [0.3, 0.4) is 0 Å². The van der Waals surface area contributed by atoms with E-state index in [4.69, 9.17) is 9.47 Å². The average Bonchev–Trinajstić information content (AvgIpc) is 2.80. The van der Waals surface area contributed by atoms with Crippen LogP contribution in [0.1, 0.15) is 18.1 Å². The summed E-state index contributed by atoms with van der Waals surface area (Å²) in [4.78, 5) is 29.2. The van der Waals surface area contributed by atoms with Gasteiger partial charge in [0.1, 0.15) is 11.5 Å². The van der Waals surface area contributed by atoms with Crippen molar-refractivity contribution in [2.24, 2.45) is 0 Å². The van der Waals surface area contributed by atoms with Crippen molar-refractivity contribution < 1.29 is 19.1 Å². The number of aryl methyl sites for hydroxylation is 1. The lowest BCUT2D eigenvalue weighted by molar-refractivity contribution is -0.132. The minimum Gasteiger partial charge on any atom is -0.497 e. The molecule has 31 heavy (non-hydrogen) atoms. The summed E-state index contributed by atoms with van der Waals surface area (Å²) in [6.07, 6.45) is 1.15. The van der Waals surface area contributed by atoms with Crippen molar-refractivity contribution in [2.45, 2.75) is 19.8 Å². The molecule has 0 atom stereocenters. The average molecular weight is 426 g/mol. The van der Waals surface area contributed by atoms with Crippen LogP contribution in [0.15, 0.2) is 42.5 Å². The standard InChI is InChI=1S/C24H31N3O4/c1-4-18-7-5-6-8-21(18)25-23(28)17-26-11-13-27(14-12-26)24(29)15-19-9-10-20(30-2)16-22(19)31-3/h5-10,16H,4,11-15,17H2,1-3H3,(H,25,28). The van der Waals surface area contributed by atoms with Crippen molar-refractivity contribution in [1.82, 2.24) is 9.80 Å². The fourth-order valence-electron chi connectivity index (χ4n) is 3.77. The van der Waals surface area contributed by atoms with E-state index in [2.05, 4.69) is 17.1 Å². The number of para-hydroxylation sites is 1. The lowest BCUT2D eigenvalue weighted by atomic mass is 10.1. The number of nitrogens with zero attached hydrogens (tertiary/aromatic N) is 2. The molecule has 0 spiro atoms. The number of carbonyl (C=O) groups excluding carboxylic acids is 2. The molecule has 0 saturated carbocycles. The molecule has 1 saturated heterocycles. The quantitative estimate of drug-likeness (QED) is 0.704. The molecule has 1 heterocycles. The van der Waals surface area contributed by atoms with Crippen LogP contribution in [0.5, 0.6) is 11.5 Å². The third-order valence-corrected chi connectivity index (χ3v) is 5.60. The summed E-state index contributed by atoms with van der Waals surface area (Å²) in [6.45, 7) is 4.96. The van der Waals surface area contributed by atoms with E-state index in [0.717, 1.165) is 23.2 Å². The Morgan fingerprint density at radius 3 is 2.39 bits per heavy atom. The molecule has 2 aromatic rings. The highest BCUT2D eigenvalue weighted by Gasteiger charge is 2.23. The van der Waals surface area contributed by atoms with E-state index in [0.29, 0.717) is 44.2 Å². The van der Waals surface area contributed by atoms with Gasteiger partial charge in [0.05, 0.1) is 27.2 Å². The highest BCUT2D eigenvalue weighted by Crippen LogP contribution is 2.25. The normalized spacial score (nSPS) is 14.2. The number of nitrogens with one attached hydrogen (secondary N) is 1. The van der Waals surface area contributed by atoms with Crippen molar-refractivity contribution in [3.05, 3.63) is 53.6 Å². The lowest BCUT2D eigenvalue weighted by Crippen LogP contribution is -2.50. The number of rotatable bonds is 8. The predicted molar refractivity (Wildman–Crippen MR) is 121 cm³/mol. The van der Waals surface area contributed by atoms with Crippen LogP contribution in [0.2, 0.25) is 0 Å². The summed E-state index contributed by atoms with van der Waals surface area (Å²) in [7, 11) is 3.19. The Balaban J connectivity index is 1.49. The van der Waals surface area contributed by atoms with Crippen molar-refractivity contribution in [3.63, 3.8) is 0 Å². The highest BCUT2D eigenvalue weighted by molar-refractivity contribution is 5.93. The van der Waals surface area contributed by atoms with Gasteiger partial charge in [-0.15, -0.1) is 0 Å². The van der Waals surface area contributed by atoms with E-state index in [-0.39, 0.29) is 18.2 Å². The maximum absolute atomic E-state index is 12.8. The minimum absolute atomic E-state index is 0.0244. The van der Waals surface area contributed by atoms with Crippen LogP contribution in [0.25, 0.3) is 0 Å². The fraction of sp³-hybridized carbons (Fsp3) is 0.417. The molecule has 1 fully saturated rings. The Hall–Kier alpha value is -3.06. The van der Waals surface area contributed by atoms with E-state index in [1.54, 1.807) is 20.3 Å². The Bertz CT molecular complexity index is 907. The van der Waals surface area contributed by atoms with Crippen LogP contribution < -0.4 is 14.8 Å². The summed E-state index contributed by atoms with van der Waals surface area (Å²) in [5.41, 5.74) is 2.84. The van der Waals surface area contributed by atoms with E-state index < -0.39 is 0 Å². The van der Waals surface area contributed by atoms with Gasteiger partial charge in [-0.25, -0.2) is 0 Å². The SMILES string of the molecule is CCc1ccccc1NC(=O)CN1CCN(C(=O)Cc2ccc(OC)cc2OC)CC1. The predicted octanol–water partition coefficient (Wildman–Crippen LogP) is 2.59. The molecule has 0 aromatic heterocycles. The van der Waals surface area contributed by atoms with E-state index in [1.165, 1.54) is 0 Å². The molecule has 2 amide bonds. The fourth-order valence-corrected chi connectivity index (χ4v) is 3.77. The van der Waals surface area contributed by atoms with Gasteiger partial charge in [-0.1, -0.05) is 31.2 Å². The van der Waals surface area contributed by atoms with Crippen LogP contribution >= 0.6 is 0 Å². The van der Waals surface area contributed by atoms with Crippen LogP contribution in [0, 0.1) is 0 Å². The number of amides is 2. The van der Waals surface area contributed by atoms with E-state index >= 15 is 0 Å². The lowest BCUT2D eigenvalue weighted by Gasteiger charge is -2.34. The molecular weight excluding hydrogens is 394 g/mol.